The van der Waals surface area contributed by atoms with Crippen molar-refractivity contribution in [3.63, 3.8) is 0 Å². The monoisotopic (exact) mass is 380 g/mol. The Morgan fingerprint density at radius 2 is 2.07 bits per heavy atom. The third kappa shape index (κ3) is 3.56. The molecule has 1 aliphatic heterocycles. The van der Waals surface area contributed by atoms with Crippen LogP contribution in [0.25, 0.3) is 5.69 Å². The molecule has 0 radical (unpaired) electrons. The van der Waals surface area contributed by atoms with Crippen molar-refractivity contribution in [2.24, 2.45) is 0 Å². The molecule has 1 N–H and O–H groups in total. The third-order valence-electron chi connectivity index (χ3n) is 4.10. The summed E-state index contributed by atoms with van der Waals surface area (Å²) in [5.74, 6) is 0.269. The summed E-state index contributed by atoms with van der Waals surface area (Å²) in [4.78, 5) is 24.3. The molecule has 0 fully saturated rings. The minimum Gasteiger partial charge on any atom is -0.482 e. The first-order chi connectivity index (χ1) is 13.1. The van der Waals surface area contributed by atoms with Gasteiger partial charge in [-0.25, -0.2) is 0 Å². The van der Waals surface area contributed by atoms with Gasteiger partial charge in [0.25, 0.3) is 5.91 Å². The summed E-state index contributed by atoms with van der Waals surface area (Å²) in [5.41, 5.74) is 1.95. The van der Waals surface area contributed by atoms with Crippen LogP contribution in [0.15, 0.2) is 60.0 Å². The van der Waals surface area contributed by atoms with Gasteiger partial charge in [0, 0.05) is 11.3 Å². The molecule has 0 spiro atoms. The minimum absolute atomic E-state index is 0.0122. The lowest BCUT2D eigenvalue weighted by molar-refractivity contribution is -0.118. The second-order valence-electron chi connectivity index (χ2n) is 5.99. The highest BCUT2D eigenvalue weighted by molar-refractivity contribution is 8.00. The maximum Gasteiger partial charge on any atom is 0.262 e. The molecule has 0 saturated carbocycles. The number of hydrogen-bond donors (Lipinski definition) is 1. The molecule has 136 valence electrons. The van der Waals surface area contributed by atoms with E-state index in [1.54, 1.807) is 24.5 Å². The first-order valence-electron chi connectivity index (χ1n) is 8.35. The van der Waals surface area contributed by atoms with Crippen LogP contribution in [0, 0.1) is 0 Å². The highest BCUT2D eigenvalue weighted by Crippen LogP contribution is 2.31. The molecule has 2 aromatic carbocycles. The Balaban J connectivity index is 1.54. The molecule has 0 bridgehead atoms. The Morgan fingerprint density at radius 3 is 2.89 bits per heavy atom. The van der Waals surface area contributed by atoms with Gasteiger partial charge in [-0.3, -0.25) is 14.2 Å². The summed E-state index contributed by atoms with van der Waals surface area (Å²) in [6.45, 7) is 1.81. The summed E-state index contributed by atoms with van der Waals surface area (Å²) in [6, 6.07) is 14.8. The summed E-state index contributed by atoms with van der Waals surface area (Å²) in [5, 5.41) is 11.1. The van der Waals surface area contributed by atoms with Crippen molar-refractivity contribution in [3.05, 3.63) is 60.4 Å². The lowest BCUT2D eigenvalue weighted by Crippen LogP contribution is -2.25. The number of ether oxygens (including phenoxy) is 1. The van der Waals surface area contributed by atoms with Crippen molar-refractivity contribution in [2.75, 3.05) is 11.9 Å². The molecule has 1 aromatic heterocycles. The SMILES string of the molecule is CC(Sc1nncn1-c1ccccc1)C(=O)c1ccc2c(c1)NC(=O)CO2. The predicted octanol–water partition coefficient (Wildman–Crippen LogP) is 2.96. The molecule has 4 rings (SSSR count). The Labute approximate surface area is 159 Å². The number of fused-ring (bicyclic) bond motifs is 1. The summed E-state index contributed by atoms with van der Waals surface area (Å²) in [7, 11) is 0. The molecule has 7 nitrogen and oxygen atoms in total. The standard InChI is InChI=1S/C19H16N4O3S/c1-12(27-19-22-20-11-23(19)14-5-3-2-4-6-14)18(25)13-7-8-16-15(9-13)21-17(24)10-26-16/h2-9,11-12H,10H2,1H3,(H,21,24). The molecular formula is C19H16N4O3S. The van der Waals surface area contributed by atoms with Gasteiger partial charge >= 0.3 is 0 Å². The van der Waals surface area contributed by atoms with Crippen molar-refractivity contribution >= 4 is 29.1 Å². The number of Topliss-reactive ketones (excluding diaryl/α,β-unsaturated/α-hetero) is 1. The Kier molecular flexibility index (Phi) is 4.64. The van der Waals surface area contributed by atoms with Crippen LogP contribution in [0.3, 0.4) is 0 Å². The maximum atomic E-state index is 12.9. The van der Waals surface area contributed by atoms with Crippen molar-refractivity contribution in [1.29, 1.82) is 0 Å². The van der Waals surface area contributed by atoms with E-state index in [1.807, 2.05) is 41.8 Å². The number of nitrogens with one attached hydrogen (secondary N) is 1. The maximum absolute atomic E-state index is 12.9. The van der Waals surface area contributed by atoms with E-state index in [2.05, 4.69) is 15.5 Å². The van der Waals surface area contributed by atoms with Gasteiger partial charge in [-0.05, 0) is 37.3 Å². The smallest absolute Gasteiger partial charge is 0.262 e. The zero-order valence-electron chi connectivity index (χ0n) is 14.5. The van der Waals surface area contributed by atoms with Gasteiger partial charge in [-0.15, -0.1) is 10.2 Å². The number of aromatic nitrogens is 3. The fourth-order valence-electron chi connectivity index (χ4n) is 2.75. The second kappa shape index (κ2) is 7.24. The number of nitrogens with zero attached hydrogens (tertiary/aromatic N) is 3. The van der Waals surface area contributed by atoms with Crippen molar-refractivity contribution < 1.29 is 14.3 Å². The Hall–Kier alpha value is -3.13. The zero-order valence-corrected chi connectivity index (χ0v) is 15.3. The van der Waals surface area contributed by atoms with Crippen molar-refractivity contribution in [2.45, 2.75) is 17.3 Å². The number of hydrogen-bond acceptors (Lipinski definition) is 6. The molecule has 1 amide bonds. The first-order valence-corrected chi connectivity index (χ1v) is 9.23. The molecule has 0 aliphatic carbocycles. The topological polar surface area (TPSA) is 86.1 Å². The first kappa shape index (κ1) is 17.3. The minimum atomic E-state index is -0.380. The number of thioether (sulfide) groups is 1. The predicted molar refractivity (Wildman–Crippen MR) is 102 cm³/mol. The Bertz CT molecular complexity index is 1000. The number of para-hydroxylation sites is 1. The van der Waals surface area contributed by atoms with E-state index < -0.39 is 0 Å². The number of anilines is 1. The molecule has 3 aromatic rings. The van der Waals surface area contributed by atoms with Crippen LogP contribution < -0.4 is 10.1 Å². The average Bonchev–Trinajstić information content (AvgIpc) is 3.15. The van der Waals surface area contributed by atoms with E-state index in [0.717, 1.165) is 5.69 Å². The van der Waals surface area contributed by atoms with Gasteiger partial charge in [0.1, 0.15) is 12.1 Å². The van der Waals surface area contributed by atoms with Crippen LogP contribution in [0.4, 0.5) is 5.69 Å². The van der Waals surface area contributed by atoms with Crippen LogP contribution in [0.5, 0.6) is 5.75 Å². The lowest BCUT2D eigenvalue weighted by atomic mass is 10.1. The van der Waals surface area contributed by atoms with E-state index in [-0.39, 0.29) is 23.5 Å². The Morgan fingerprint density at radius 1 is 1.26 bits per heavy atom. The van der Waals surface area contributed by atoms with Gasteiger partial charge in [0.05, 0.1) is 10.9 Å². The molecular weight excluding hydrogens is 364 g/mol. The average molecular weight is 380 g/mol. The zero-order chi connectivity index (χ0) is 18.8. The quantitative estimate of drug-likeness (QED) is 0.541. The van der Waals surface area contributed by atoms with Crippen molar-refractivity contribution in [3.8, 4) is 11.4 Å². The van der Waals surface area contributed by atoms with Crippen LogP contribution in [-0.4, -0.2) is 38.3 Å². The van der Waals surface area contributed by atoms with Gasteiger partial charge < -0.3 is 10.1 Å². The number of carbonyl (C=O) groups is 2. The lowest BCUT2D eigenvalue weighted by Gasteiger charge is -2.19. The largest absolute Gasteiger partial charge is 0.482 e. The number of amides is 1. The second-order valence-corrected chi connectivity index (χ2v) is 7.30. The summed E-state index contributed by atoms with van der Waals surface area (Å²) in [6.07, 6.45) is 1.63. The van der Waals surface area contributed by atoms with Crippen LogP contribution in [0.2, 0.25) is 0 Å². The number of carbonyl (C=O) groups excluding carboxylic acids is 2. The van der Waals surface area contributed by atoms with Gasteiger partial charge in [-0.1, -0.05) is 30.0 Å². The van der Waals surface area contributed by atoms with Gasteiger partial charge in [0.2, 0.25) is 0 Å². The molecule has 2 heterocycles. The summed E-state index contributed by atoms with van der Waals surface area (Å²) >= 11 is 1.33. The third-order valence-corrected chi connectivity index (χ3v) is 5.16. The molecule has 27 heavy (non-hydrogen) atoms. The van der Waals surface area contributed by atoms with Crippen LogP contribution >= 0.6 is 11.8 Å². The fraction of sp³-hybridized carbons (Fsp3) is 0.158. The molecule has 8 heteroatoms. The summed E-state index contributed by atoms with van der Waals surface area (Å²) < 4.78 is 7.17. The molecule has 0 saturated heterocycles. The molecule has 1 atom stereocenters. The van der Waals surface area contributed by atoms with E-state index in [0.29, 0.717) is 22.2 Å². The van der Waals surface area contributed by atoms with E-state index in [9.17, 15) is 9.59 Å². The number of ketones is 1. The van der Waals surface area contributed by atoms with Crippen LogP contribution in [0.1, 0.15) is 17.3 Å². The van der Waals surface area contributed by atoms with Gasteiger partial charge in [0.15, 0.2) is 17.5 Å². The fourth-order valence-corrected chi connectivity index (χ4v) is 3.67. The molecule has 1 unspecified atom stereocenters. The highest BCUT2D eigenvalue weighted by Gasteiger charge is 2.23. The highest BCUT2D eigenvalue weighted by atomic mass is 32.2. The number of rotatable bonds is 5. The van der Waals surface area contributed by atoms with E-state index >= 15 is 0 Å². The number of benzene rings is 2. The van der Waals surface area contributed by atoms with E-state index in [4.69, 9.17) is 4.74 Å². The van der Waals surface area contributed by atoms with Crippen LogP contribution in [-0.2, 0) is 4.79 Å². The van der Waals surface area contributed by atoms with Gasteiger partial charge in [-0.2, -0.15) is 0 Å². The normalized spacial score (nSPS) is 14.0. The van der Waals surface area contributed by atoms with E-state index in [1.165, 1.54) is 11.8 Å². The molecule has 1 aliphatic rings. The van der Waals surface area contributed by atoms with Crippen molar-refractivity contribution in [1.82, 2.24) is 14.8 Å².